The average molecular weight is 320 g/mol. The first-order valence-electron chi connectivity index (χ1n) is 5.83. The van der Waals surface area contributed by atoms with Gasteiger partial charge in [0.15, 0.2) is 0 Å². The van der Waals surface area contributed by atoms with Crippen molar-refractivity contribution in [2.75, 3.05) is 5.73 Å². The van der Waals surface area contributed by atoms with Gasteiger partial charge in [0.05, 0.1) is 6.04 Å². The maximum atomic E-state index is 12.1. The Kier molecular flexibility index (Phi) is 4.16. The first-order valence-corrected chi connectivity index (χ1v) is 6.62. The van der Waals surface area contributed by atoms with Crippen LogP contribution in [0.4, 0.5) is 5.69 Å². The molecule has 1 aromatic heterocycles. The van der Waals surface area contributed by atoms with Crippen LogP contribution in [0.1, 0.15) is 28.9 Å². The average Bonchev–Trinajstić information content (AvgIpc) is 2.38. The normalized spacial score (nSPS) is 11.9. The number of hydrogen-bond donors (Lipinski definition) is 2. The van der Waals surface area contributed by atoms with E-state index in [0.29, 0.717) is 11.3 Å². The number of nitrogen functional groups attached to an aromatic ring is 1. The first kappa shape index (κ1) is 13.5. The van der Waals surface area contributed by atoms with E-state index in [1.165, 1.54) is 0 Å². The Bertz CT molecular complexity index is 566. The molecule has 5 heteroatoms. The number of carbonyl (C=O) groups excluding carboxylic acids is 1. The highest BCUT2D eigenvalue weighted by atomic mass is 79.9. The lowest BCUT2D eigenvalue weighted by molar-refractivity contribution is 0.0940. The Morgan fingerprint density at radius 1 is 1.42 bits per heavy atom. The summed E-state index contributed by atoms with van der Waals surface area (Å²) in [6.45, 7) is 1.91. The van der Waals surface area contributed by atoms with Crippen molar-refractivity contribution in [3.8, 4) is 0 Å². The third-order valence-electron chi connectivity index (χ3n) is 2.71. The van der Waals surface area contributed by atoms with Gasteiger partial charge in [0, 0.05) is 28.1 Å². The van der Waals surface area contributed by atoms with Crippen LogP contribution in [0.5, 0.6) is 0 Å². The summed E-state index contributed by atoms with van der Waals surface area (Å²) in [6, 6.07) is 8.79. The summed E-state index contributed by atoms with van der Waals surface area (Å²) in [5.74, 6) is -0.163. The minimum atomic E-state index is -0.163. The highest BCUT2D eigenvalue weighted by Crippen LogP contribution is 2.18. The molecule has 0 unspecified atom stereocenters. The fourth-order valence-corrected chi connectivity index (χ4v) is 2.25. The van der Waals surface area contributed by atoms with Gasteiger partial charge in [-0.15, -0.1) is 0 Å². The number of amides is 1. The summed E-state index contributed by atoms with van der Waals surface area (Å²) in [6.07, 6.45) is 3.44. The number of rotatable bonds is 3. The van der Waals surface area contributed by atoms with Crippen molar-refractivity contribution in [1.82, 2.24) is 10.3 Å². The van der Waals surface area contributed by atoms with Gasteiger partial charge in [0.1, 0.15) is 0 Å². The van der Waals surface area contributed by atoms with E-state index in [0.717, 1.165) is 10.0 Å². The number of pyridine rings is 1. The van der Waals surface area contributed by atoms with Crippen molar-refractivity contribution >= 4 is 27.5 Å². The second kappa shape index (κ2) is 5.84. The molecule has 0 saturated carbocycles. The fourth-order valence-electron chi connectivity index (χ4n) is 1.74. The molecule has 19 heavy (non-hydrogen) atoms. The second-order valence-electron chi connectivity index (χ2n) is 4.25. The van der Waals surface area contributed by atoms with E-state index in [4.69, 9.17) is 5.73 Å². The van der Waals surface area contributed by atoms with Crippen molar-refractivity contribution in [1.29, 1.82) is 0 Å². The summed E-state index contributed by atoms with van der Waals surface area (Å²) in [5, 5.41) is 2.91. The number of nitrogens with zero attached hydrogens (tertiary/aromatic N) is 1. The molecule has 0 saturated heterocycles. The molecular formula is C14H14BrN3O. The van der Waals surface area contributed by atoms with Crippen LogP contribution >= 0.6 is 15.9 Å². The van der Waals surface area contributed by atoms with Crippen LogP contribution in [0.2, 0.25) is 0 Å². The first-order chi connectivity index (χ1) is 9.06. The van der Waals surface area contributed by atoms with Crippen LogP contribution < -0.4 is 11.1 Å². The number of carbonyl (C=O) groups is 1. The highest BCUT2D eigenvalue weighted by molar-refractivity contribution is 9.10. The Morgan fingerprint density at radius 3 is 2.84 bits per heavy atom. The molecule has 0 aliphatic heterocycles. The smallest absolute Gasteiger partial charge is 0.251 e. The third kappa shape index (κ3) is 3.54. The highest BCUT2D eigenvalue weighted by Gasteiger charge is 2.12. The predicted molar refractivity (Wildman–Crippen MR) is 78.7 cm³/mol. The van der Waals surface area contributed by atoms with Crippen molar-refractivity contribution in [2.24, 2.45) is 0 Å². The minimum Gasteiger partial charge on any atom is -0.399 e. The number of halogens is 1. The van der Waals surface area contributed by atoms with E-state index < -0.39 is 0 Å². The minimum absolute atomic E-state index is 0.110. The van der Waals surface area contributed by atoms with E-state index in [1.54, 1.807) is 30.6 Å². The molecule has 0 bridgehead atoms. The number of anilines is 1. The molecule has 3 N–H and O–H groups in total. The van der Waals surface area contributed by atoms with Crippen molar-refractivity contribution in [3.05, 3.63) is 58.3 Å². The summed E-state index contributed by atoms with van der Waals surface area (Å²) < 4.78 is 0.784. The van der Waals surface area contributed by atoms with Gasteiger partial charge >= 0.3 is 0 Å². The van der Waals surface area contributed by atoms with Gasteiger partial charge in [-0.1, -0.05) is 22.0 Å². The predicted octanol–water partition coefficient (Wildman–Crippen LogP) is 2.92. The zero-order valence-corrected chi connectivity index (χ0v) is 12.0. The molecular weight excluding hydrogens is 306 g/mol. The standard InChI is InChI=1S/C14H14BrN3O/c1-9(10-3-2-4-17-8-10)18-14(19)11-5-12(15)7-13(16)6-11/h2-9H,16H2,1H3,(H,18,19)/t9-/m1/s1. The van der Waals surface area contributed by atoms with E-state index in [9.17, 15) is 4.79 Å². The van der Waals surface area contributed by atoms with E-state index >= 15 is 0 Å². The number of nitrogens with two attached hydrogens (primary N) is 1. The summed E-state index contributed by atoms with van der Waals surface area (Å²) in [4.78, 5) is 16.2. The van der Waals surface area contributed by atoms with Gasteiger partial charge in [-0.05, 0) is 36.8 Å². The molecule has 2 aromatic rings. The molecule has 0 fully saturated rings. The summed E-state index contributed by atoms with van der Waals surface area (Å²) in [5.41, 5.74) is 7.76. The lowest BCUT2D eigenvalue weighted by Crippen LogP contribution is -2.26. The Hall–Kier alpha value is -1.88. The van der Waals surface area contributed by atoms with Gasteiger partial charge in [0.2, 0.25) is 0 Å². The Morgan fingerprint density at radius 2 is 2.21 bits per heavy atom. The lowest BCUT2D eigenvalue weighted by Gasteiger charge is -2.14. The van der Waals surface area contributed by atoms with Crippen LogP contribution in [-0.4, -0.2) is 10.9 Å². The van der Waals surface area contributed by atoms with Crippen LogP contribution in [0, 0.1) is 0 Å². The van der Waals surface area contributed by atoms with Gasteiger partial charge in [0.25, 0.3) is 5.91 Å². The topological polar surface area (TPSA) is 68.0 Å². The van der Waals surface area contributed by atoms with E-state index in [2.05, 4.69) is 26.2 Å². The Labute approximate surface area is 120 Å². The zero-order chi connectivity index (χ0) is 13.8. The number of benzene rings is 1. The van der Waals surface area contributed by atoms with Crippen molar-refractivity contribution in [2.45, 2.75) is 13.0 Å². The van der Waals surface area contributed by atoms with Crippen LogP contribution in [0.3, 0.4) is 0 Å². The number of hydrogen-bond acceptors (Lipinski definition) is 3. The monoisotopic (exact) mass is 319 g/mol. The van der Waals surface area contributed by atoms with Gasteiger partial charge in [-0.2, -0.15) is 0 Å². The summed E-state index contributed by atoms with van der Waals surface area (Å²) >= 11 is 3.32. The molecule has 0 spiro atoms. The number of aromatic nitrogens is 1. The maximum Gasteiger partial charge on any atom is 0.251 e. The molecule has 1 aromatic carbocycles. The third-order valence-corrected chi connectivity index (χ3v) is 3.17. The van der Waals surface area contributed by atoms with Crippen LogP contribution in [-0.2, 0) is 0 Å². The van der Waals surface area contributed by atoms with Crippen molar-refractivity contribution in [3.63, 3.8) is 0 Å². The van der Waals surface area contributed by atoms with Gasteiger partial charge in [-0.25, -0.2) is 0 Å². The molecule has 4 nitrogen and oxygen atoms in total. The fraction of sp³-hybridized carbons (Fsp3) is 0.143. The molecule has 1 amide bonds. The van der Waals surface area contributed by atoms with E-state index in [1.807, 2.05) is 19.1 Å². The summed E-state index contributed by atoms with van der Waals surface area (Å²) in [7, 11) is 0. The maximum absolute atomic E-state index is 12.1. The van der Waals surface area contributed by atoms with Crippen molar-refractivity contribution < 1.29 is 4.79 Å². The van der Waals surface area contributed by atoms with E-state index in [-0.39, 0.29) is 11.9 Å². The second-order valence-corrected chi connectivity index (χ2v) is 5.17. The molecule has 0 aliphatic carbocycles. The largest absolute Gasteiger partial charge is 0.399 e. The lowest BCUT2D eigenvalue weighted by atomic mass is 10.1. The molecule has 2 rings (SSSR count). The molecule has 98 valence electrons. The van der Waals surface area contributed by atoms with Gasteiger partial charge in [-0.3, -0.25) is 9.78 Å². The molecule has 0 aliphatic rings. The Balaban J connectivity index is 2.13. The van der Waals surface area contributed by atoms with Crippen LogP contribution in [0.25, 0.3) is 0 Å². The SMILES string of the molecule is C[C@@H](NC(=O)c1cc(N)cc(Br)c1)c1cccnc1. The number of nitrogens with one attached hydrogen (secondary N) is 1. The molecule has 0 radical (unpaired) electrons. The van der Waals surface area contributed by atoms with Gasteiger partial charge < -0.3 is 11.1 Å². The quantitative estimate of drug-likeness (QED) is 0.855. The zero-order valence-electron chi connectivity index (χ0n) is 10.4. The molecule has 1 atom stereocenters. The van der Waals surface area contributed by atoms with Crippen LogP contribution in [0.15, 0.2) is 47.2 Å². The molecule has 1 heterocycles.